The Morgan fingerprint density at radius 1 is 1.12 bits per heavy atom. The van der Waals surface area contributed by atoms with E-state index in [1.165, 1.54) is 5.56 Å². The molecule has 0 atom stereocenters. The summed E-state index contributed by atoms with van der Waals surface area (Å²) < 4.78 is 12.9. The van der Waals surface area contributed by atoms with Crippen LogP contribution in [0.25, 0.3) is 11.4 Å². The van der Waals surface area contributed by atoms with Crippen LogP contribution in [0.1, 0.15) is 12.0 Å². The van der Waals surface area contributed by atoms with Crippen LogP contribution in [-0.4, -0.2) is 65.5 Å². The molecule has 0 aliphatic carbocycles. The van der Waals surface area contributed by atoms with Crippen molar-refractivity contribution in [2.75, 3.05) is 45.3 Å². The molecule has 1 fully saturated rings. The Balaban J connectivity index is 1.29. The average molecular weight is 468 g/mol. The Morgan fingerprint density at radius 2 is 1.85 bits per heavy atom. The number of benzene rings is 2. The number of rotatable bonds is 9. The number of methoxy groups -OCH3 is 1. The van der Waals surface area contributed by atoms with Gasteiger partial charge >= 0.3 is 0 Å². The SMILES string of the molecule is COc1ccc(-c2n[nH]c(=S)n2CCC(=O)Nc2ccc(CCN3CCOCC3)cc2)cc1. The zero-order valence-electron chi connectivity index (χ0n) is 18.8. The van der Waals surface area contributed by atoms with E-state index in [0.717, 1.165) is 56.3 Å². The zero-order chi connectivity index (χ0) is 23.0. The summed E-state index contributed by atoms with van der Waals surface area (Å²) in [4.78, 5) is 15.0. The van der Waals surface area contributed by atoms with Crippen molar-refractivity contribution in [3.05, 3.63) is 58.9 Å². The van der Waals surface area contributed by atoms with Gasteiger partial charge in [-0.2, -0.15) is 5.10 Å². The number of H-pyrrole nitrogens is 1. The lowest BCUT2D eigenvalue weighted by Crippen LogP contribution is -2.37. The van der Waals surface area contributed by atoms with Crippen LogP contribution >= 0.6 is 12.2 Å². The number of carbonyl (C=O) groups excluding carboxylic acids is 1. The Hall–Kier alpha value is -3.01. The largest absolute Gasteiger partial charge is 0.497 e. The average Bonchev–Trinajstić information content (AvgIpc) is 3.23. The Bertz CT molecular complexity index is 1100. The van der Waals surface area contributed by atoms with Gasteiger partial charge in [0, 0.05) is 43.9 Å². The molecular weight excluding hydrogens is 438 g/mol. The van der Waals surface area contributed by atoms with Crippen molar-refractivity contribution in [1.82, 2.24) is 19.7 Å². The fourth-order valence-electron chi connectivity index (χ4n) is 3.79. The second kappa shape index (κ2) is 11.2. The number of ether oxygens (including phenoxy) is 2. The molecule has 174 valence electrons. The van der Waals surface area contributed by atoms with Gasteiger partial charge in [-0.25, -0.2) is 0 Å². The zero-order valence-corrected chi connectivity index (χ0v) is 19.6. The summed E-state index contributed by atoms with van der Waals surface area (Å²) in [5.41, 5.74) is 2.95. The summed E-state index contributed by atoms with van der Waals surface area (Å²) in [6.07, 6.45) is 1.27. The lowest BCUT2D eigenvalue weighted by Gasteiger charge is -2.26. The molecule has 8 nitrogen and oxygen atoms in total. The van der Waals surface area contributed by atoms with Crippen LogP contribution < -0.4 is 10.1 Å². The molecule has 1 aliphatic rings. The maximum absolute atomic E-state index is 12.5. The van der Waals surface area contributed by atoms with E-state index in [1.54, 1.807) is 7.11 Å². The highest BCUT2D eigenvalue weighted by Crippen LogP contribution is 2.21. The van der Waals surface area contributed by atoms with Crippen molar-refractivity contribution in [3.63, 3.8) is 0 Å². The van der Waals surface area contributed by atoms with E-state index in [1.807, 2.05) is 41.0 Å². The number of anilines is 1. The molecule has 33 heavy (non-hydrogen) atoms. The standard InChI is InChI=1S/C24H29N5O3S/c1-31-21-8-4-19(5-9-21)23-26-27-24(33)29(23)13-11-22(30)25-20-6-2-18(3-7-20)10-12-28-14-16-32-17-15-28/h2-9H,10-17H2,1H3,(H,25,30)(H,27,33). The first-order valence-corrected chi connectivity index (χ1v) is 11.5. The molecule has 3 aromatic rings. The number of amides is 1. The van der Waals surface area contributed by atoms with Gasteiger partial charge in [0.2, 0.25) is 5.91 Å². The van der Waals surface area contributed by atoms with Gasteiger partial charge in [-0.3, -0.25) is 19.4 Å². The Morgan fingerprint density at radius 3 is 2.55 bits per heavy atom. The highest BCUT2D eigenvalue weighted by molar-refractivity contribution is 7.71. The predicted molar refractivity (Wildman–Crippen MR) is 130 cm³/mol. The number of aromatic amines is 1. The van der Waals surface area contributed by atoms with Crippen molar-refractivity contribution in [1.29, 1.82) is 0 Å². The monoisotopic (exact) mass is 467 g/mol. The van der Waals surface area contributed by atoms with E-state index in [-0.39, 0.29) is 12.3 Å². The van der Waals surface area contributed by atoms with E-state index >= 15 is 0 Å². The first-order chi connectivity index (χ1) is 16.1. The lowest BCUT2D eigenvalue weighted by atomic mass is 10.1. The molecule has 2 aromatic carbocycles. The molecule has 2 N–H and O–H groups in total. The second-order valence-electron chi connectivity index (χ2n) is 7.93. The quantitative estimate of drug-likeness (QED) is 0.469. The maximum Gasteiger partial charge on any atom is 0.226 e. The van der Waals surface area contributed by atoms with Crippen molar-refractivity contribution in [2.45, 2.75) is 19.4 Å². The van der Waals surface area contributed by atoms with Crippen LogP contribution in [0.15, 0.2) is 48.5 Å². The van der Waals surface area contributed by atoms with E-state index in [2.05, 4.69) is 32.5 Å². The minimum Gasteiger partial charge on any atom is -0.497 e. The van der Waals surface area contributed by atoms with Crippen molar-refractivity contribution < 1.29 is 14.3 Å². The summed E-state index contributed by atoms with van der Waals surface area (Å²) in [7, 11) is 1.63. The van der Waals surface area contributed by atoms with Gasteiger partial charge in [-0.1, -0.05) is 12.1 Å². The number of nitrogens with zero attached hydrogens (tertiary/aromatic N) is 3. The smallest absolute Gasteiger partial charge is 0.226 e. The van der Waals surface area contributed by atoms with Gasteiger partial charge in [-0.15, -0.1) is 0 Å². The van der Waals surface area contributed by atoms with E-state index in [0.29, 0.717) is 17.1 Å². The molecule has 1 aliphatic heterocycles. The van der Waals surface area contributed by atoms with Crippen LogP contribution in [0.5, 0.6) is 5.75 Å². The molecule has 2 heterocycles. The summed E-state index contributed by atoms with van der Waals surface area (Å²) in [6, 6.07) is 15.6. The molecule has 9 heteroatoms. The summed E-state index contributed by atoms with van der Waals surface area (Å²) >= 11 is 5.37. The van der Waals surface area contributed by atoms with Crippen LogP contribution in [0.2, 0.25) is 0 Å². The summed E-state index contributed by atoms with van der Waals surface area (Å²) in [5.74, 6) is 1.39. The van der Waals surface area contributed by atoms with Gasteiger partial charge in [0.05, 0.1) is 20.3 Å². The minimum absolute atomic E-state index is 0.0696. The third-order valence-electron chi connectivity index (χ3n) is 5.73. The third-order valence-corrected chi connectivity index (χ3v) is 6.04. The fraction of sp³-hybridized carbons (Fsp3) is 0.375. The first kappa shape index (κ1) is 23.2. The Labute approximate surface area is 198 Å². The van der Waals surface area contributed by atoms with Gasteiger partial charge < -0.3 is 14.8 Å². The molecule has 0 unspecified atom stereocenters. The predicted octanol–water partition coefficient (Wildman–Crippen LogP) is 3.52. The van der Waals surface area contributed by atoms with Crippen molar-refractivity contribution in [2.24, 2.45) is 0 Å². The number of nitrogens with one attached hydrogen (secondary N) is 2. The molecule has 0 radical (unpaired) electrons. The number of hydrogen-bond acceptors (Lipinski definition) is 6. The number of carbonyl (C=O) groups is 1. The van der Waals surface area contributed by atoms with Gasteiger partial charge in [0.1, 0.15) is 5.75 Å². The Kier molecular flexibility index (Phi) is 7.87. The number of hydrogen-bond donors (Lipinski definition) is 2. The molecule has 1 saturated heterocycles. The van der Waals surface area contributed by atoms with Crippen LogP contribution in [0.3, 0.4) is 0 Å². The van der Waals surface area contributed by atoms with E-state index in [9.17, 15) is 4.79 Å². The summed E-state index contributed by atoms with van der Waals surface area (Å²) in [6.45, 7) is 5.08. The van der Waals surface area contributed by atoms with Crippen LogP contribution in [0, 0.1) is 4.77 Å². The first-order valence-electron chi connectivity index (χ1n) is 11.1. The van der Waals surface area contributed by atoms with E-state index < -0.39 is 0 Å². The van der Waals surface area contributed by atoms with Crippen LogP contribution in [0.4, 0.5) is 5.69 Å². The fourth-order valence-corrected chi connectivity index (χ4v) is 4.01. The minimum atomic E-state index is -0.0696. The van der Waals surface area contributed by atoms with Gasteiger partial charge in [0.25, 0.3) is 0 Å². The molecule has 0 bridgehead atoms. The highest BCUT2D eigenvalue weighted by Gasteiger charge is 2.12. The molecule has 0 spiro atoms. The van der Waals surface area contributed by atoms with Crippen molar-refractivity contribution >= 4 is 23.8 Å². The molecule has 0 saturated carbocycles. The van der Waals surface area contributed by atoms with E-state index in [4.69, 9.17) is 21.7 Å². The van der Waals surface area contributed by atoms with Gasteiger partial charge in [0.15, 0.2) is 10.6 Å². The van der Waals surface area contributed by atoms with Crippen molar-refractivity contribution in [3.8, 4) is 17.1 Å². The third kappa shape index (κ3) is 6.28. The second-order valence-corrected chi connectivity index (χ2v) is 8.32. The lowest BCUT2D eigenvalue weighted by molar-refractivity contribution is -0.116. The topological polar surface area (TPSA) is 84.4 Å². The number of aromatic nitrogens is 3. The molecule has 4 rings (SSSR count). The molecule has 1 aromatic heterocycles. The normalized spacial score (nSPS) is 14.2. The van der Waals surface area contributed by atoms with Gasteiger partial charge in [-0.05, 0) is 60.6 Å². The summed E-state index contributed by atoms with van der Waals surface area (Å²) in [5, 5.41) is 10.1. The maximum atomic E-state index is 12.5. The molecule has 1 amide bonds. The highest BCUT2D eigenvalue weighted by atomic mass is 32.1. The molecular formula is C24H29N5O3S. The van der Waals surface area contributed by atoms with Crippen LogP contribution in [-0.2, 0) is 22.5 Å². The number of morpholine rings is 1.